The zero-order valence-corrected chi connectivity index (χ0v) is 15.4. The molecule has 1 fully saturated rings. The number of nitrogens with zero attached hydrogens (tertiary/aromatic N) is 4. The summed E-state index contributed by atoms with van der Waals surface area (Å²) in [7, 11) is 0. The predicted molar refractivity (Wildman–Crippen MR) is 98.2 cm³/mol. The summed E-state index contributed by atoms with van der Waals surface area (Å²) < 4.78 is 5.28. The number of nitrogens with one attached hydrogen (secondary N) is 1. The normalized spacial score (nSPS) is 17.3. The van der Waals surface area contributed by atoms with Crippen LogP contribution in [0.15, 0.2) is 28.9 Å². The lowest BCUT2D eigenvalue weighted by atomic mass is 10.1. The molecule has 1 N–H and O–H groups in total. The molecule has 2 aromatic rings. The Morgan fingerprint density at radius 3 is 2.73 bits per heavy atom. The Balaban J connectivity index is 1.47. The van der Waals surface area contributed by atoms with Gasteiger partial charge in [-0.05, 0) is 45.0 Å². The van der Waals surface area contributed by atoms with Crippen LogP contribution in [-0.4, -0.2) is 45.6 Å². The molecule has 1 aliphatic heterocycles. The van der Waals surface area contributed by atoms with Crippen LogP contribution in [0.2, 0.25) is 0 Å². The van der Waals surface area contributed by atoms with Gasteiger partial charge in [0.1, 0.15) is 11.7 Å². The number of pyridine rings is 1. The van der Waals surface area contributed by atoms with Crippen molar-refractivity contribution in [3.63, 3.8) is 0 Å². The second-order valence-electron chi connectivity index (χ2n) is 6.82. The minimum absolute atomic E-state index is 0.0112. The van der Waals surface area contributed by atoms with Crippen molar-refractivity contribution in [2.45, 2.75) is 51.5 Å². The standard InChI is InChI=1S/C19H27N5O2/c1-15(19-22-18(23-26-19)16-9-5-6-11-20-16)21-17(25)10-14-24-12-7-3-2-4-8-13-24/h5-6,9,11,15H,2-4,7-8,10,12-14H2,1H3,(H,21,25). The third kappa shape index (κ3) is 5.36. The third-order valence-corrected chi connectivity index (χ3v) is 4.69. The van der Waals surface area contributed by atoms with Crippen molar-refractivity contribution in [2.24, 2.45) is 0 Å². The van der Waals surface area contributed by atoms with Crippen LogP contribution in [0.5, 0.6) is 0 Å². The Kier molecular flexibility index (Phi) is 6.71. The first kappa shape index (κ1) is 18.5. The van der Waals surface area contributed by atoms with Crippen molar-refractivity contribution in [3.8, 4) is 11.5 Å². The lowest BCUT2D eigenvalue weighted by molar-refractivity contribution is -0.122. The van der Waals surface area contributed by atoms with Crippen LogP contribution in [0.4, 0.5) is 0 Å². The molecule has 3 heterocycles. The molecule has 0 saturated carbocycles. The molecule has 0 bridgehead atoms. The summed E-state index contributed by atoms with van der Waals surface area (Å²) in [6, 6.07) is 5.20. The van der Waals surface area contributed by atoms with Gasteiger partial charge < -0.3 is 14.7 Å². The molecule has 26 heavy (non-hydrogen) atoms. The van der Waals surface area contributed by atoms with Gasteiger partial charge in [0.2, 0.25) is 17.6 Å². The minimum atomic E-state index is -0.320. The number of hydrogen-bond donors (Lipinski definition) is 1. The van der Waals surface area contributed by atoms with Crippen LogP contribution >= 0.6 is 0 Å². The van der Waals surface area contributed by atoms with Gasteiger partial charge in [0.05, 0.1) is 0 Å². The Hall–Kier alpha value is -2.28. The number of amides is 1. The quantitative estimate of drug-likeness (QED) is 0.856. The van der Waals surface area contributed by atoms with Crippen LogP contribution in [-0.2, 0) is 4.79 Å². The second kappa shape index (κ2) is 9.43. The van der Waals surface area contributed by atoms with E-state index in [0.717, 1.165) is 19.6 Å². The molecule has 0 radical (unpaired) electrons. The summed E-state index contributed by atoms with van der Waals surface area (Å²) in [5, 5.41) is 6.89. The molecule has 7 nitrogen and oxygen atoms in total. The highest BCUT2D eigenvalue weighted by molar-refractivity contribution is 5.76. The molecular weight excluding hydrogens is 330 g/mol. The monoisotopic (exact) mass is 357 g/mol. The highest BCUT2D eigenvalue weighted by atomic mass is 16.5. The molecule has 1 atom stereocenters. The fourth-order valence-electron chi connectivity index (χ4n) is 3.18. The molecular formula is C19H27N5O2. The number of hydrogen-bond acceptors (Lipinski definition) is 6. The van der Waals surface area contributed by atoms with E-state index >= 15 is 0 Å². The van der Waals surface area contributed by atoms with E-state index < -0.39 is 0 Å². The predicted octanol–water partition coefficient (Wildman–Crippen LogP) is 2.97. The fourth-order valence-corrected chi connectivity index (χ4v) is 3.18. The van der Waals surface area contributed by atoms with Gasteiger partial charge in [-0.15, -0.1) is 0 Å². The SMILES string of the molecule is CC(NC(=O)CCN1CCCCCCC1)c1nc(-c2ccccn2)no1. The van der Waals surface area contributed by atoms with Gasteiger partial charge in [0.25, 0.3) is 0 Å². The van der Waals surface area contributed by atoms with Crippen molar-refractivity contribution < 1.29 is 9.32 Å². The molecule has 0 spiro atoms. The molecule has 2 aromatic heterocycles. The van der Waals surface area contributed by atoms with Crippen molar-refractivity contribution >= 4 is 5.91 Å². The first-order chi connectivity index (χ1) is 12.7. The van der Waals surface area contributed by atoms with Gasteiger partial charge in [0.15, 0.2) is 0 Å². The van der Waals surface area contributed by atoms with Crippen LogP contribution in [0.3, 0.4) is 0 Å². The third-order valence-electron chi connectivity index (χ3n) is 4.69. The zero-order valence-electron chi connectivity index (χ0n) is 15.4. The van der Waals surface area contributed by atoms with E-state index in [-0.39, 0.29) is 11.9 Å². The molecule has 3 rings (SSSR count). The fraction of sp³-hybridized carbons (Fsp3) is 0.579. The van der Waals surface area contributed by atoms with Crippen LogP contribution in [0.25, 0.3) is 11.5 Å². The van der Waals surface area contributed by atoms with E-state index in [2.05, 4.69) is 25.3 Å². The molecule has 7 heteroatoms. The van der Waals surface area contributed by atoms with Gasteiger partial charge >= 0.3 is 0 Å². The summed E-state index contributed by atoms with van der Waals surface area (Å²) in [6.07, 6.45) is 8.58. The first-order valence-electron chi connectivity index (χ1n) is 9.49. The molecule has 1 saturated heterocycles. The minimum Gasteiger partial charge on any atom is -0.345 e. The highest BCUT2D eigenvalue weighted by Gasteiger charge is 2.18. The van der Waals surface area contributed by atoms with Gasteiger partial charge in [0, 0.05) is 19.2 Å². The maximum atomic E-state index is 12.3. The van der Waals surface area contributed by atoms with Gasteiger partial charge in [-0.3, -0.25) is 9.78 Å². The van der Waals surface area contributed by atoms with E-state index in [1.165, 1.54) is 32.1 Å². The van der Waals surface area contributed by atoms with Crippen molar-refractivity contribution in [1.82, 2.24) is 25.3 Å². The van der Waals surface area contributed by atoms with Crippen LogP contribution in [0, 0.1) is 0 Å². The van der Waals surface area contributed by atoms with E-state index in [0.29, 0.717) is 23.8 Å². The van der Waals surface area contributed by atoms with E-state index in [1.54, 1.807) is 6.20 Å². The number of carbonyl (C=O) groups excluding carboxylic acids is 1. The Labute approximate surface area is 154 Å². The summed E-state index contributed by atoms with van der Waals surface area (Å²) in [6.45, 7) is 4.85. The Bertz CT molecular complexity index is 680. The lowest BCUT2D eigenvalue weighted by Crippen LogP contribution is -2.33. The molecule has 1 amide bonds. The summed E-state index contributed by atoms with van der Waals surface area (Å²) >= 11 is 0. The largest absolute Gasteiger partial charge is 0.345 e. The molecule has 140 valence electrons. The smallest absolute Gasteiger partial charge is 0.249 e. The lowest BCUT2D eigenvalue weighted by Gasteiger charge is -2.24. The van der Waals surface area contributed by atoms with Crippen molar-refractivity contribution in [1.29, 1.82) is 0 Å². The van der Waals surface area contributed by atoms with Gasteiger partial charge in [-0.2, -0.15) is 4.98 Å². The average molecular weight is 357 g/mol. The zero-order chi connectivity index (χ0) is 18.2. The number of carbonyl (C=O) groups is 1. The topological polar surface area (TPSA) is 84.2 Å². The Morgan fingerprint density at radius 2 is 2.00 bits per heavy atom. The maximum absolute atomic E-state index is 12.3. The average Bonchev–Trinajstić information content (AvgIpc) is 3.12. The number of rotatable bonds is 6. The number of aromatic nitrogens is 3. The van der Waals surface area contributed by atoms with E-state index in [1.807, 2.05) is 25.1 Å². The van der Waals surface area contributed by atoms with E-state index in [4.69, 9.17) is 4.52 Å². The van der Waals surface area contributed by atoms with Crippen molar-refractivity contribution in [2.75, 3.05) is 19.6 Å². The van der Waals surface area contributed by atoms with Crippen LogP contribution in [0.1, 0.15) is 57.4 Å². The maximum Gasteiger partial charge on any atom is 0.249 e. The highest BCUT2D eigenvalue weighted by Crippen LogP contribution is 2.16. The number of likely N-dealkylation sites (tertiary alicyclic amines) is 1. The first-order valence-corrected chi connectivity index (χ1v) is 9.49. The molecule has 0 aromatic carbocycles. The van der Waals surface area contributed by atoms with Gasteiger partial charge in [-0.1, -0.05) is 30.5 Å². The summed E-state index contributed by atoms with van der Waals surface area (Å²) in [5.41, 5.74) is 0.651. The van der Waals surface area contributed by atoms with Crippen LogP contribution < -0.4 is 5.32 Å². The second-order valence-corrected chi connectivity index (χ2v) is 6.82. The van der Waals surface area contributed by atoms with E-state index in [9.17, 15) is 4.79 Å². The Morgan fingerprint density at radius 1 is 1.23 bits per heavy atom. The molecule has 1 aliphatic rings. The van der Waals surface area contributed by atoms with Crippen molar-refractivity contribution in [3.05, 3.63) is 30.3 Å². The summed E-state index contributed by atoms with van der Waals surface area (Å²) in [4.78, 5) is 23.2. The van der Waals surface area contributed by atoms with Gasteiger partial charge in [-0.25, -0.2) is 0 Å². The molecule has 0 aliphatic carbocycles. The summed E-state index contributed by atoms with van der Waals surface area (Å²) in [5.74, 6) is 0.838. The molecule has 1 unspecified atom stereocenters.